The van der Waals surface area contributed by atoms with Gasteiger partial charge in [0.1, 0.15) is 12.4 Å². The fourth-order valence-electron chi connectivity index (χ4n) is 3.28. The van der Waals surface area contributed by atoms with Gasteiger partial charge in [0, 0.05) is 11.4 Å². The van der Waals surface area contributed by atoms with Crippen LogP contribution in [0.2, 0.25) is 0 Å². The van der Waals surface area contributed by atoms with Crippen molar-refractivity contribution in [2.24, 2.45) is 0 Å². The third-order valence-corrected chi connectivity index (χ3v) is 5.75. The van der Waals surface area contributed by atoms with Crippen LogP contribution in [0, 0.1) is 5.82 Å². The lowest BCUT2D eigenvalue weighted by molar-refractivity contribution is 0.0835. The van der Waals surface area contributed by atoms with E-state index in [2.05, 4.69) is 10.2 Å². The Hall–Kier alpha value is -3.32. The van der Waals surface area contributed by atoms with E-state index in [-0.39, 0.29) is 11.9 Å². The minimum absolute atomic E-state index is 0.242. The summed E-state index contributed by atoms with van der Waals surface area (Å²) in [6, 6.07) is 24.0. The van der Waals surface area contributed by atoms with Crippen LogP contribution in [0.5, 0.6) is 11.5 Å². The lowest BCUT2D eigenvalue weighted by atomic mass is 10.2. The Bertz CT molecular complexity index is 1150. The van der Waals surface area contributed by atoms with Crippen molar-refractivity contribution in [2.75, 3.05) is 6.61 Å². The minimum atomic E-state index is -0.382. The number of hydrogen-bond acceptors (Lipinski definition) is 5. The predicted molar refractivity (Wildman–Crippen MR) is 113 cm³/mol. The van der Waals surface area contributed by atoms with Crippen molar-refractivity contribution in [3.05, 3.63) is 96.1 Å². The van der Waals surface area contributed by atoms with Crippen LogP contribution >= 0.6 is 11.8 Å². The van der Waals surface area contributed by atoms with Crippen molar-refractivity contribution in [1.29, 1.82) is 0 Å². The molecule has 0 saturated carbocycles. The van der Waals surface area contributed by atoms with Crippen LogP contribution in [0.25, 0.3) is 5.69 Å². The largest absolute Gasteiger partial charge is 0.485 e. The summed E-state index contributed by atoms with van der Waals surface area (Å²) >= 11 is 1.54. The number of hydrogen-bond donors (Lipinski definition) is 0. The van der Waals surface area contributed by atoms with Crippen molar-refractivity contribution in [3.8, 4) is 17.2 Å². The van der Waals surface area contributed by atoms with Gasteiger partial charge in [0.2, 0.25) is 0 Å². The van der Waals surface area contributed by atoms with Gasteiger partial charge in [-0.25, -0.2) is 4.39 Å². The molecule has 0 aliphatic carbocycles. The van der Waals surface area contributed by atoms with E-state index in [1.54, 1.807) is 23.9 Å². The van der Waals surface area contributed by atoms with Crippen molar-refractivity contribution >= 4 is 11.8 Å². The first-order valence-electron chi connectivity index (χ1n) is 9.54. The maximum Gasteiger partial charge on any atom is 0.196 e. The molecule has 1 aromatic heterocycles. The molecule has 1 aliphatic rings. The molecule has 150 valence electrons. The molecule has 0 unspecified atom stereocenters. The molecule has 1 aliphatic heterocycles. The summed E-state index contributed by atoms with van der Waals surface area (Å²) in [4.78, 5) is 0. The molecule has 5 rings (SSSR count). The zero-order valence-corrected chi connectivity index (χ0v) is 16.8. The Labute approximate surface area is 177 Å². The van der Waals surface area contributed by atoms with Gasteiger partial charge in [-0.2, -0.15) is 0 Å². The predicted octanol–water partition coefficient (Wildman–Crippen LogP) is 5.21. The Morgan fingerprint density at radius 3 is 2.43 bits per heavy atom. The molecule has 0 spiro atoms. The molecule has 0 radical (unpaired) electrons. The molecular weight excluding hydrogens is 401 g/mol. The molecule has 30 heavy (non-hydrogen) atoms. The zero-order chi connectivity index (χ0) is 20.3. The third kappa shape index (κ3) is 3.76. The third-order valence-electron chi connectivity index (χ3n) is 4.75. The van der Waals surface area contributed by atoms with Crippen LogP contribution in [0.3, 0.4) is 0 Å². The number of thioether (sulfide) groups is 1. The number of aromatic nitrogens is 3. The molecule has 4 aromatic rings. The smallest absolute Gasteiger partial charge is 0.196 e. The number of nitrogens with zero attached hydrogens (tertiary/aromatic N) is 3. The summed E-state index contributed by atoms with van der Waals surface area (Å²) in [6.07, 6.45) is -0.382. The van der Waals surface area contributed by atoms with Crippen molar-refractivity contribution < 1.29 is 13.9 Å². The first-order chi connectivity index (χ1) is 14.8. The van der Waals surface area contributed by atoms with E-state index in [9.17, 15) is 4.39 Å². The molecule has 1 atom stereocenters. The van der Waals surface area contributed by atoms with Gasteiger partial charge in [-0.1, -0.05) is 54.2 Å². The molecular formula is C23H18FN3O2S. The van der Waals surface area contributed by atoms with Gasteiger partial charge >= 0.3 is 0 Å². The SMILES string of the molecule is Fc1ccc(CSc2nnc([C@@H]3COc4ccccc4O3)n2-c2ccccc2)cc1. The first kappa shape index (κ1) is 18.7. The number of halogens is 1. The maximum atomic E-state index is 13.2. The standard InChI is InChI=1S/C23H18FN3O2S/c24-17-12-10-16(11-13-17)15-30-23-26-25-22(27(23)18-6-2-1-3-7-18)21-14-28-19-8-4-5-9-20(19)29-21/h1-13,21H,14-15H2/t21-/m0/s1. The first-order valence-corrected chi connectivity index (χ1v) is 10.5. The average molecular weight is 419 g/mol. The fraction of sp³-hybridized carbons (Fsp3) is 0.130. The van der Waals surface area contributed by atoms with E-state index in [1.807, 2.05) is 59.2 Å². The lowest BCUT2D eigenvalue weighted by Crippen LogP contribution is -2.24. The summed E-state index contributed by atoms with van der Waals surface area (Å²) in [5.41, 5.74) is 1.96. The number of fused-ring (bicyclic) bond motifs is 1. The second-order valence-electron chi connectivity index (χ2n) is 6.79. The van der Waals surface area contributed by atoms with Crippen LogP contribution in [-0.2, 0) is 5.75 Å². The molecule has 0 saturated heterocycles. The van der Waals surface area contributed by atoms with E-state index in [1.165, 1.54) is 12.1 Å². The topological polar surface area (TPSA) is 49.2 Å². The van der Waals surface area contributed by atoms with E-state index in [4.69, 9.17) is 9.47 Å². The van der Waals surface area contributed by atoms with Gasteiger partial charge in [0.05, 0.1) is 0 Å². The van der Waals surface area contributed by atoms with Gasteiger partial charge in [-0.15, -0.1) is 10.2 Å². The second-order valence-corrected chi connectivity index (χ2v) is 7.73. The highest BCUT2D eigenvalue weighted by atomic mass is 32.2. The second kappa shape index (κ2) is 8.20. The average Bonchev–Trinajstić information content (AvgIpc) is 3.23. The number of ether oxygens (including phenoxy) is 2. The molecule has 7 heteroatoms. The van der Waals surface area contributed by atoms with Crippen molar-refractivity contribution in [2.45, 2.75) is 17.0 Å². The summed E-state index contributed by atoms with van der Waals surface area (Å²) in [5.74, 6) is 2.50. The van der Waals surface area contributed by atoms with Gasteiger partial charge in [0.25, 0.3) is 0 Å². The molecule has 2 heterocycles. The summed E-state index contributed by atoms with van der Waals surface area (Å²) in [5, 5.41) is 9.60. The molecule has 0 amide bonds. The summed E-state index contributed by atoms with van der Waals surface area (Å²) in [7, 11) is 0. The normalized spacial score (nSPS) is 15.2. The molecule has 0 N–H and O–H groups in total. The Morgan fingerprint density at radius 1 is 0.900 bits per heavy atom. The highest BCUT2D eigenvalue weighted by Crippen LogP contribution is 2.37. The number of benzene rings is 3. The quantitative estimate of drug-likeness (QED) is 0.416. The van der Waals surface area contributed by atoms with Crippen LogP contribution in [-0.4, -0.2) is 21.4 Å². The molecule has 5 nitrogen and oxygen atoms in total. The molecule has 0 bridgehead atoms. The van der Waals surface area contributed by atoms with Crippen molar-refractivity contribution in [1.82, 2.24) is 14.8 Å². The molecule has 3 aromatic carbocycles. The summed E-state index contributed by atoms with van der Waals surface area (Å²) in [6.45, 7) is 0.352. The molecule has 0 fully saturated rings. The van der Waals surface area contributed by atoms with Crippen LogP contribution in [0.15, 0.2) is 84.0 Å². The van der Waals surface area contributed by atoms with Crippen LogP contribution in [0.4, 0.5) is 4.39 Å². The number of rotatable bonds is 5. The Morgan fingerprint density at radius 2 is 1.63 bits per heavy atom. The fourth-order valence-corrected chi connectivity index (χ4v) is 4.19. The maximum absolute atomic E-state index is 13.2. The van der Waals surface area contributed by atoms with Gasteiger partial charge in [-0.05, 0) is 42.0 Å². The zero-order valence-electron chi connectivity index (χ0n) is 15.9. The Balaban J connectivity index is 1.47. The van der Waals surface area contributed by atoms with E-state index in [0.29, 0.717) is 23.9 Å². The Kier molecular flexibility index (Phi) is 5.11. The summed E-state index contributed by atoms with van der Waals surface area (Å²) < 4.78 is 27.2. The van der Waals surface area contributed by atoms with Gasteiger partial charge < -0.3 is 9.47 Å². The minimum Gasteiger partial charge on any atom is -0.485 e. The monoisotopic (exact) mass is 419 g/mol. The van der Waals surface area contributed by atoms with Crippen LogP contribution in [0.1, 0.15) is 17.5 Å². The van der Waals surface area contributed by atoms with E-state index < -0.39 is 0 Å². The van der Waals surface area contributed by atoms with Crippen molar-refractivity contribution in [3.63, 3.8) is 0 Å². The highest BCUT2D eigenvalue weighted by molar-refractivity contribution is 7.98. The number of para-hydroxylation sites is 3. The van der Waals surface area contributed by atoms with E-state index in [0.717, 1.165) is 22.2 Å². The van der Waals surface area contributed by atoms with Gasteiger partial charge in [0.15, 0.2) is 28.6 Å². The highest BCUT2D eigenvalue weighted by Gasteiger charge is 2.29. The van der Waals surface area contributed by atoms with Crippen LogP contribution < -0.4 is 9.47 Å². The van der Waals surface area contributed by atoms with E-state index >= 15 is 0 Å². The van der Waals surface area contributed by atoms with Gasteiger partial charge in [-0.3, -0.25) is 4.57 Å². The lowest BCUT2D eigenvalue weighted by Gasteiger charge is -2.26.